The van der Waals surface area contributed by atoms with Gasteiger partial charge in [-0.1, -0.05) is 10.8 Å². The van der Waals surface area contributed by atoms with Crippen molar-refractivity contribution in [2.24, 2.45) is 0 Å². The predicted octanol–water partition coefficient (Wildman–Crippen LogP) is 1.13. The highest BCUT2D eigenvalue weighted by Crippen LogP contribution is 2.30. The summed E-state index contributed by atoms with van der Waals surface area (Å²) < 4.78 is 1.69. The molecule has 0 aliphatic rings. The molecule has 0 aliphatic carbocycles. The molecular formula is C7H9N5S2. The van der Waals surface area contributed by atoms with Crippen LogP contribution >= 0.6 is 22.5 Å². The lowest BCUT2D eigenvalue weighted by Crippen LogP contribution is -2.15. The molecule has 0 atom stereocenters. The van der Waals surface area contributed by atoms with E-state index in [1.54, 1.807) is 10.7 Å². The normalized spacial score (nSPS) is 10.8. The summed E-state index contributed by atoms with van der Waals surface area (Å²) >= 11 is 4.17. The zero-order valence-corrected chi connectivity index (χ0v) is 9.46. The maximum Gasteiger partial charge on any atom is 0.254 e. The third kappa shape index (κ3) is 1.42. The standard InChI is InChI=1S/C7H9N5S2/c1-11(2)6-5(14-13)3-8-7-9-4-10-12(6)7/h3-4,13H,1-2H3. The van der Waals surface area contributed by atoms with Gasteiger partial charge in [-0.15, -0.1) is 11.7 Å². The van der Waals surface area contributed by atoms with Gasteiger partial charge in [0, 0.05) is 20.3 Å². The van der Waals surface area contributed by atoms with Crippen molar-refractivity contribution in [2.75, 3.05) is 19.0 Å². The van der Waals surface area contributed by atoms with Gasteiger partial charge in [0.15, 0.2) is 0 Å². The van der Waals surface area contributed by atoms with Crippen molar-refractivity contribution >= 4 is 34.1 Å². The van der Waals surface area contributed by atoms with Crippen LogP contribution in [-0.2, 0) is 0 Å². The number of hydrogen-bond acceptors (Lipinski definition) is 6. The minimum atomic E-state index is 0.597. The van der Waals surface area contributed by atoms with Gasteiger partial charge in [-0.2, -0.15) is 14.6 Å². The fraction of sp³-hybridized carbons (Fsp3) is 0.286. The van der Waals surface area contributed by atoms with E-state index in [2.05, 4.69) is 26.7 Å². The maximum atomic E-state index is 4.17. The molecule has 0 saturated heterocycles. The molecule has 14 heavy (non-hydrogen) atoms. The molecular weight excluding hydrogens is 218 g/mol. The van der Waals surface area contributed by atoms with E-state index in [0.29, 0.717) is 5.78 Å². The van der Waals surface area contributed by atoms with Crippen LogP contribution in [0.25, 0.3) is 5.78 Å². The van der Waals surface area contributed by atoms with Gasteiger partial charge in [-0.3, -0.25) is 0 Å². The van der Waals surface area contributed by atoms with Gasteiger partial charge >= 0.3 is 0 Å². The molecule has 74 valence electrons. The highest BCUT2D eigenvalue weighted by atomic mass is 33.1. The Morgan fingerprint density at radius 2 is 2.21 bits per heavy atom. The Morgan fingerprint density at radius 1 is 1.43 bits per heavy atom. The first-order valence-corrected chi connectivity index (χ1v) is 5.78. The quantitative estimate of drug-likeness (QED) is 0.615. The van der Waals surface area contributed by atoms with Crippen LogP contribution in [0.4, 0.5) is 5.82 Å². The summed E-state index contributed by atoms with van der Waals surface area (Å²) in [5, 5.41) is 4.10. The summed E-state index contributed by atoms with van der Waals surface area (Å²) in [5.41, 5.74) is 0. The Morgan fingerprint density at radius 3 is 2.86 bits per heavy atom. The smallest absolute Gasteiger partial charge is 0.254 e. The fourth-order valence-corrected chi connectivity index (χ4v) is 2.06. The van der Waals surface area contributed by atoms with Crippen LogP contribution < -0.4 is 4.90 Å². The van der Waals surface area contributed by atoms with Crippen LogP contribution in [-0.4, -0.2) is 33.7 Å². The molecule has 2 aromatic heterocycles. The largest absolute Gasteiger partial charge is 0.362 e. The Kier molecular flexibility index (Phi) is 2.51. The molecule has 0 spiro atoms. The molecule has 0 bridgehead atoms. The van der Waals surface area contributed by atoms with Gasteiger partial charge in [-0.25, -0.2) is 4.98 Å². The number of nitrogens with zero attached hydrogens (tertiary/aromatic N) is 5. The van der Waals surface area contributed by atoms with Crippen LogP contribution in [0.2, 0.25) is 0 Å². The number of thiol groups is 1. The number of hydrogen-bond donors (Lipinski definition) is 1. The highest BCUT2D eigenvalue weighted by Gasteiger charge is 2.11. The topological polar surface area (TPSA) is 46.3 Å². The van der Waals surface area contributed by atoms with Gasteiger partial charge in [0.1, 0.15) is 12.1 Å². The first kappa shape index (κ1) is 9.60. The highest BCUT2D eigenvalue weighted by molar-refractivity contribution is 8.68. The van der Waals surface area contributed by atoms with Crippen molar-refractivity contribution in [3.63, 3.8) is 0 Å². The molecule has 7 heteroatoms. The number of aromatic nitrogens is 4. The van der Waals surface area contributed by atoms with E-state index in [9.17, 15) is 0 Å². The number of anilines is 1. The molecule has 0 saturated carbocycles. The number of rotatable bonds is 2. The van der Waals surface area contributed by atoms with E-state index >= 15 is 0 Å². The molecule has 0 aliphatic heterocycles. The SMILES string of the molecule is CN(C)c1c(SS)cnc2ncnn12. The van der Waals surface area contributed by atoms with Crippen molar-refractivity contribution in [1.29, 1.82) is 0 Å². The predicted molar refractivity (Wildman–Crippen MR) is 60.0 cm³/mol. The van der Waals surface area contributed by atoms with Crippen LogP contribution in [0.15, 0.2) is 17.4 Å². The molecule has 0 aromatic carbocycles. The third-order valence-corrected chi connectivity index (χ3v) is 2.84. The Hall–Kier alpha value is -0.950. The minimum Gasteiger partial charge on any atom is -0.362 e. The van der Waals surface area contributed by atoms with Crippen molar-refractivity contribution < 1.29 is 0 Å². The van der Waals surface area contributed by atoms with Crippen LogP contribution in [0, 0.1) is 0 Å². The fourth-order valence-electron chi connectivity index (χ4n) is 1.23. The number of fused-ring (bicyclic) bond motifs is 1. The van der Waals surface area contributed by atoms with Gasteiger partial charge in [0.05, 0.1) is 4.90 Å². The summed E-state index contributed by atoms with van der Waals surface area (Å²) in [7, 11) is 5.24. The molecule has 0 radical (unpaired) electrons. The monoisotopic (exact) mass is 227 g/mol. The van der Waals surface area contributed by atoms with E-state index in [0.717, 1.165) is 10.7 Å². The molecule has 0 amide bonds. The van der Waals surface area contributed by atoms with E-state index in [4.69, 9.17) is 0 Å². The van der Waals surface area contributed by atoms with E-state index in [1.165, 1.54) is 17.1 Å². The minimum absolute atomic E-state index is 0.597. The summed E-state index contributed by atoms with van der Waals surface area (Å²) in [6.07, 6.45) is 3.24. The summed E-state index contributed by atoms with van der Waals surface area (Å²) in [5.74, 6) is 1.53. The van der Waals surface area contributed by atoms with E-state index in [1.807, 2.05) is 19.0 Å². The van der Waals surface area contributed by atoms with Gasteiger partial charge in [0.25, 0.3) is 5.78 Å². The molecule has 2 heterocycles. The molecule has 5 nitrogen and oxygen atoms in total. The van der Waals surface area contributed by atoms with Gasteiger partial charge < -0.3 is 4.90 Å². The van der Waals surface area contributed by atoms with Crippen molar-refractivity contribution in [1.82, 2.24) is 19.6 Å². The Balaban J connectivity index is 2.75. The first-order valence-electron chi connectivity index (χ1n) is 3.91. The lowest BCUT2D eigenvalue weighted by atomic mass is 10.5. The molecule has 2 aromatic rings. The lowest BCUT2D eigenvalue weighted by molar-refractivity contribution is 0.870. The average molecular weight is 227 g/mol. The Bertz CT molecular complexity index is 452. The zero-order valence-electron chi connectivity index (χ0n) is 7.75. The van der Waals surface area contributed by atoms with Crippen molar-refractivity contribution in [3.8, 4) is 0 Å². The summed E-state index contributed by atoms with van der Waals surface area (Å²) in [6, 6.07) is 0. The maximum absolute atomic E-state index is 4.17. The van der Waals surface area contributed by atoms with Gasteiger partial charge in [-0.05, 0) is 0 Å². The third-order valence-electron chi connectivity index (χ3n) is 1.77. The second kappa shape index (κ2) is 3.66. The molecule has 0 N–H and O–H groups in total. The average Bonchev–Trinajstić information content (AvgIpc) is 2.62. The molecule has 0 unspecified atom stereocenters. The van der Waals surface area contributed by atoms with Crippen LogP contribution in [0.3, 0.4) is 0 Å². The lowest BCUT2D eigenvalue weighted by Gasteiger charge is -2.15. The zero-order chi connectivity index (χ0) is 10.1. The van der Waals surface area contributed by atoms with E-state index in [-0.39, 0.29) is 0 Å². The first-order chi connectivity index (χ1) is 6.74. The Labute approximate surface area is 90.3 Å². The van der Waals surface area contributed by atoms with Crippen LogP contribution in [0.5, 0.6) is 0 Å². The second-order valence-corrected chi connectivity index (χ2v) is 4.07. The van der Waals surface area contributed by atoms with Crippen molar-refractivity contribution in [2.45, 2.75) is 4.90 Å². The summed E-state index contributed by atoms with van der Waals surface area (Å²) in [6.45, 7) is 0. The molecule has 2 rings (SSSR count). The van der Waals surface area contributed by atoms with Gasteiger partial charge in [0.2, 0.25) is 0 Å². The van der Waals surface area contributed by atoms with E-state index < -0.39 is 0 Å². The van der Waals surface area contributed by atoms with Crippen LogP contribution in [0.1, 0.15) is 0 Å². The summed E-state index contributed by atoms with van der Waals surface area (Å²) in [4.78, 5) is 11.1. The second-order valence-electron chi connectivity index (χ2n) is 2.90. The molecule has 0 fully saturated rings. The van der Waals surface area contributed by atoms with Crippen molar-refractivity contribution in [3.05, 3.63) is 12.5 Å².